The van der Waals surface area contributed by atoms with E-state index in [4.69, 9.17) is 4.74 Å². The zero-order chi connectivity index (χ0) is 13.7. The van der Waals surface area contributed by atoms with Crippen LogP contribution < -0.4 is 4.74 Å². The first-order chi connectivity index (χ1) is 9.20. The molecule has 0 aliphatic heterocycles. The number of nitrogens with zero attached hydrogens (tertiary/aromatic N) is 1. The fraction of sp³-hybridized carbons (Fsp3) is 0.357. The van der Waals surface area contributed by atoms with Crippen LogP contribution in [0.25, 0.3) is 0 Å². The van der Waals surface area contributed by atoms with E-state index in [2.05, 4.69) is 4.98 Å². The first kappa shape index (κ1) is 14.2. The van der Waals surface area contributed by atoms with Crippen LogP contribution in [0.3, 0.4) is 0 Å². The van der Waals surface area contributed by atoms with E-state index in [1.807, 2.05) is 49.6 Å². The van der Waals surface area contributed by atoms with Gasteiger partial charge in [-0.3, -0.25) is 4.21 Å². The van der Waals surface area contributed by atoms with Crippen LogP contribution in [0.15, 0.2) is 35.7 Å². The molecule has 0 saturated carbocycles. The molecule has 0 aromatic carbocycles. The molecule has 2 rings (SSSR count). The summed E-state index contributed by atoms with van der Waals surface area (Å²) in [6, 6.07) is 9.61. The first-order valence-corrected chi connectivity index (χ1v) is 8.46. The van der Waals surface area contributed by atoms with Gasteiger partial charge in [-0.1, -0.05) is 12.1 Å². The molecule has 0 N–H and O–H groups in total. The summed E-state index contributed by atoms with van der Waals surface area (Å²) >= 11 is 1.64. The van der Waals surface area contributed by atoms with Gasteiger partial charge in [0.1, 0.15) is 0 Å². The second kappa shape index (κ2) is 6.82. The molecular weight excluding hydrogens is 278 g/mol. The van der Waals surface area contributed by atoms with Crippen LogP contribution in [-0.2, 0) is 16.6 Å². The van der Waals surface area contributed by atoms with Gasteiger partial charge in [0.15, 0.2) is 0 Å². The lowest BCUT2D eigenvalue weighted by Gasteiger charge is -2.10. The Kier molecular flexibility index (Phi) is 5.10. The fourth-order valence-corrected chi connectivity index (χ4v) is 3.88. The fourth-order valence-electron chi connectivity index (χ4n) is 1.69. The van der Waals surface area contributed by atoms with E-state index in [0.717, 1.165) is 10.6 Å². The van der Waals surface area contributed by atoms with E-state index < -0.39 is 10.8 Å². The molecule has 2 heterocycles. The highest BCUT2D eigenvalue weighted by atomic mass is 32.2. The van der Waals surface area contributed by atoms with Crippen molar-refractivity contribution in [1.82, 2.24) is 4.98 Å². The third kappa shape index (κ3) is 3.88. The van der Waals surface area contributed by atoms with Crippen LogP contribution in [0.2, 0.25) is 0 Å². The topological polar surface area (TPSA) is 39.2 Å². The molecule has 2 atom stereocenters. The van der Waals surface area contributed by atoms with Crippen molar-refractivity contribution < 1.29 is 8.95 Å². The Hall–Kier alpha value is -1.20. The number of rotatable bonds is 6. The average molecular weight is 295 g/mol. The van der Waals surface area contributed by atoms with Gasteiger partial charge in [0.25, 0.3) is 0 Å². The predicted octanol–water partition coefficient (Wildman–Crippen LogP) is 3.55. The maximum absolute atomic E-state index is 12.3. The summed E-state index contributed by atoms with van der Waals surface area (Å²) in [7, 11) is -0.965. The van der Waals surface area contributed by atoms with Crippen LogP contribution in [0, 0.1) is 0 Å². The van der Waals surface area contributed by atoms with Crippen molar-refractivity contribution in [3.63, 3.8) is 0 Å². The van der Waals surface area contributed by atoms with Gasteiger partial charge in [0, 0.05) is 21.7 Å². The van der Waals surface area contributed by atoms with E-state index in [0.29, 0.717) is 18.2 Å². The highest BCUT2D eigenvalue weighted by Crippen LogP contribution is 2.25. The van der Waals surface area contributed by atoms with Gasteiger partial charge >= 0.3 is 0 Å². The monoisotopic (exact) mass is 295 g/mol. The number of hydrogen-bond donors (Lipinski definition) is 0. The third-order valence-corrected chi connectivity index (χ3v) is 5.53. The molecule has 2 aromatic heterocycles. The number of thiophene rings is 1. The third-order valence-electron chi connectivity index (χ3n) is 2.70. The Morgan fingerprint density at radius 3 is 2.89 bits per heavy atom. The highest BCUT2D eigenvalue weighted by Gasteiger charge is 2.15. The van der Waals surface area contributed by atoms with Crippen molar-refractivity contribution in [1.29, 1.82) is 0 Å². The van der Waals surface area contributed by atoms with Gasteiger partial charge in [-0.05, 0) is 31.4 Å². The number of ether oxygens (including phenoxy) is 1. The van der Waals surface area contributed by atoms with Crippen molar-refractivity contribution in [2.24, 2.45) is 0 Å². The molecular formula is C14H17NO2S2. The highest BCUT2D eigenvalue weighted by molar-refractivity contribution is 7.84. The molecule has 19 heavy (non-hydrogen) atoms. The second-order valence-electron chi connectivity index (χ2n) is 4.08. The minimum atomic E-state index is -0.965. The normalized spacial score (nSPS) is 14.0. The number of hydrogen-bond acceptors (Lipinski definition) is 4. The molecule has 0 spiro atoms. The van der Waals surface area contributed by atoms with E-state index >= 15 is 0 Å². The first-order valence-electron chi connectivity index (χ1n) is 6.20. The Morgan fingerprint density at radius 2 is 2.21 bits per heavy atom. The van der Waals surface area contributed by atoms with Crippen LogP contribution >= 0.6 is 11.3 Å². The van der Waals surface area contributed by atoms with Crippen molar-refractivity contribution in [3.8, 4) is 5.88 Å². The summed E-state index contributed by atoms with van der Waals surface area (Å²) in [6.07, 6.45) is 0. The van der Waals surface area contributed by atoms with Gasteiger partial charge in [-0.2, -0.15) is 0 Å². The number of aromatic nitrogens is 1. The molecule has 0 bridgehead atoms. The van der Waals surface area contributed by atoms with Crippen molar-refractivity contribution in [2.45, 2.75) is 24.9 Å². The second-order valence-corrected chi connectivity index (χ2v) is 6.82. The summed E-state index contributed by atoms with van der Waals surface area (Å²) in [4.78, 5) is 5.51. The lowest BCUT2D eigenvalue weighted by molar-refractivity contribution is 0.326. The van der Waals surface area contributed by atoms with Gasteiger partial charge < -0.3 is 4.74 Å². The zero-order valence-corrected chi connectivity index (χ0v) is 12.7. The standard InChI is InChI=1S/C14H17NO2S2/c1-3-17-14-8-4-6-12(15-14)10-19(16)11(2)13-7-5-9-18-13/h4-9,11H,3,10H2,1-2H3/t11-,19+/m0/s1. The summed E-state index contributed by atoms with van der Waals surface area (Å²) in [5.74, 6) is 1.06. The Balaban J connectivity index is 2.04. The molecule has 0 unspecified atom stereocenters. The van der Waals surface area contributed by atoms with E-state index in [-0.39, 0.29) is 5.25 Å². The van der Waals surface area contributed by atoms with Gasteiger partial charge in [-0.15, -0.1) is 11.3 Å². The van der Waals surface area contributed by atoms with Crippen molar-refractivity contribution in [2.75, 3.05) is 6.61 Å². The Bertz CT molecular complexity index is 540. The molecule has 0 aliphatic rings. The minimum absolute atomic E-state index is 0.0394. The largest absolute Gasteiger partial charge is 0.478 e. The lowest BCUT2D eigenvalue weighted by atomic mass is 10.4. The van der Waals surface area contributed by atoms with E-state index in [1.54, 1.807) is 11.3 Å². The molecule has 5 heteroatoms. The predicted molar refractivity (Wildman–Crippen MR) is 80.0 cm³/mol. The summed E-state index contributed by atoms with van der Waals surface area (Å²) in [5.41, 5.74) is 0.813. The molecule has 2 aromatic rings. The van der Waals surface area contributed by atoms with Crippen LogP contribution in [0.5, 0.6) is 5.88 Å². The summed E-state index contributed by atoms with van der Waals surface area (Å²) < 4.78 is 17.7. The SMILES string of the molecule is CCOc1cccc(C[S@@](=O)[C@@H](C)c2cccs2)n1. The van der Waals surface area contributed by atoms with E-state index in [1.165, 1.54) is 0 Å². The zero-order valence-electron chi connectivity index (χ0n) is 11.0. The maximum atomic E-state index is 12.3. The van der Waals surface area contributed by atoms with Gasteiger partial charge in [-0.25, -0.2) is 4.98 Å². The van der Waals surface area contributed by atoms with Crippen LogP contribution in [0.4, 0.5) is 0 Å². The Labute approximate surface area is 120 Å². The van der Waals surface area contributed by atoms with Gasteiger partial charge in [0.05, 0.1) is 23.3 Å². The minimum Gasteiger partial charge on any atom is -0.478 e. The molecule has 0 radical (unpaired) electrons. The molecule has 0 aliphatic carbocycles. The van der Waals surface area contributed by atoms with E-state index in [9.17, 15) is 4.21 Å². The maximum Gasteiger partial charge on any atom is 0.213 e. The molecule has 3 nitrogen and oxygen atoms in total. The number of pyridine rings is 1. The average Bonchev–Trinajstić information content (AvgIpc) is 2.92. The van der Waals surface area contributed by atoms with Crippen molar-refractivity contribution in [3.05, 3.63) is 46.3 Å². The molecule has 0 fully saturated rings. The summed E-state index contributed by atoms with van der Waals surface area (Å²) in [6.45, 7) is 4.50. The molecule has 102 valence electrons. The molecule has 0 saturated heterocycles. The molecule has 0 amide bonds. The van der Waals surface area contributed by atoms with Crippen LogP contribution in [0.1, 0.15) is 29.7 Å². The van der Waals surface area contributed by atoms with Crippen molar-refractivity contribution >= 4 is 22.1 Å². The summed E-state index contributed by atoms with van der Waals surface area (Å²) in [5, 5.41) is 2.05. The lowest BCUT2D eigenvalue weighted by Crippen LogP contribution is -2.06. The van der Waals surface area contributed by atoms with Crippen LogP contribution in [-0.4, -0.2) is 15.8 Å². The smallest absolute Gasteiger partial charge is 0.213 e. The van der Waals surface area contributed by atoms with Gasteiger partial charge in [0.2, 0.25) is 5.88 Å². The quantitative estimate of drug-likeness (QED) is 0.818. The Morgan fingerprint density at radius 1 is 1.37 bits per heavy atom.